The Balaban J connectivity index is 3.45. The van der Waals surface area contributed by atoms with Gasteiger partial charge in [-0.05, 0) is 0 Å². The third-order valence-corrected chi connectivity index (χ3v) is 1.62. The molecule has 1 radical (unpaired) electrons. The zero-order chi connectivity index (χ0) is 11.7. The Hall–Kier alpha value is -1.66. The second-order valence-electron chi connectivity index (χ2n) is 2.60. The number of halogens is 5. The average Bonchev–Trinajstić information content (AvgIpc) is 2.18. The summed E-state index contributed by atoms with van der Waals surface area (Å²) in [6.45, 7) is 0. The van der Waals surface area contributed by atoms with Gasteiger partial charge in [-0.1, -0.05) is 0 Å². The third kappa shape index (κ3) is 1.90. The zero-order valence-electron chi connectivity index (χ0n) is 6.91. The summed E-state index contributed by atoms with van der Waals surface area (Å²) in [6, 6.07) is 0. The molecule has 0 aromatic heterocycles. The van der Waals surface area contributed by atoms with Crippen LogP contribution in [0, 0.1) is 29.1 Å². The van der Waals surface area contributed by atoms with E-state index in [4.69, 9.17) is 0 Å². The van der Waals surface area contributed by atoms with Gasteiger partial charge in [0.25, 0.3) is 0 Å². The van der Waals surface area contributed by atoms with Gasteiger partial charge in [0, 0.05) is 5.56 Å². The molecule has 15 heavy (non-hydrogen) atoms. The van der Waals surface area contributed by atoms with Crippen LogP contribution in [-0.2, 0) is 16.3 Å². The topological polar surface area (TPSA) is 37.0 Å². The Labute approximate surface area is 79.9 Å². The first-order valence-electron chi connectivity index (χ1n) is 3.56. The van der Waals surface area contributed by atoms with Crippen molar-refractivity contribution in [3.05, 3.63) is 34.6 Å². The summed E-state index contributed by atoms with van der Waals surface area (Å²) >= 11 is 0. The van der Waals surface area contributed by atoms with Crippen LogP contribution >= 0.6 is 0 Å². The van der Waals surface area contributed by atoms with E-state index in [0.29, 0.717) is 0 Å². The highest BCUT2D eigenvalue weighted by atomic mass is 19.2. The summed E-state index contributed by atoms with van der Waals surface area (Å²) in [4.78, 5) is 10.00. The predicted molar refractivity (Wildman–Crippen MR) is 35.6 cm³/mol. The van der Waals surface area contributed by atoms with Crippen LogP contribution in [0.1, 0.15) is 5.56 Å². The molecule has 0 fully saturated rings. The van der Waals surface area contributed by atoms with Crippen LogP contribution in [0.3, 0.4) is 0 Å². The number of carbonyl (C=O) groups is 1. The van der Waals surface area contributed by atoms with E-state index in [9.17, 15) is 31.9 Å². The molecule has 0 saturated carbocycles. The molecule has 0 aliphatic carbocycles. The maximum absolute atomic E-state index is 12.8. The van der Waals surface area contributed by atoms with Gasteiger partial charge in [0.1, 0.15) is 0 Å². The summed E-state index contributed by atoms with van der Waals surface area (Å²) in [5.74, 6) is -12.9. The van der Waals surface area contributed by atoms with E-state index in [1.807, 2.05) is 0 Å². The lowest BCUT2D eigenvalue weighted by Crippen LogP contribution is -2.10. The highest BCUT2D eigenvalue weighted by molar-refractivity contribution is 5.69. The number of hydrogen-bond donors (Lipinski definition) is 0. The molecule has 0 bridgehead atoms. The monoisotopic (exact) mass is 225 g/mol. The largest absolute Gasteiger partial charge is 0.360 e. The first kappa shape index (κ1) is 11.4. The maximum Gasteiger partial charge on any atom is 0.360 e. The number of carbonyl (C=O) groups excluding carboxylic acids is 1. The second kappa shape index (κ2) is 3.84. The van der Waals surface area contributed by atoms with Crippen molar-refractivity contribution in [2.24, 2.45) is 0 Å². The van der Waals surface area contributed by atoms with E-state index in [1.165, 1.54) is 0 Å². The van der Waals surface area contributed by atoms with Gasteiger partial charge in [0.05, 0.1) is 6.42 Å². The van der Waals surface area contributed by atoms with E-state index in [2.05, 4.69) is 0 Å². The normalized spacial score (nSPS) is 10.5. The smallest absolute Gasteiger partial charge is 0.247 e. The Bertz CT molecular complexity index is 401. The molecule has 0 unspecified atom stereocenters. The fourth-order valence-electron chi connectivity index (χ4n) is 0.950. The third-order valence-electron chi connectivity index (χ3n) is 1.62. The van der Waals surface area contributed by atoms with Gasteiger partial charge in [-0.3, -0.25) is 0 Å². The van der Waals surface area contributed by atoms with Crippen LogP contribution in [0.2, 0.25) is 0 Å². The molecular formula is C8H2F5O2. The Morgan fingerprint density at radius 1 is 0.800 bits per heavy atom. The molecule has 0 aliphatic heterocycles. The van der Waals surface area contributed by atoms with Crippen molar-refractivity contribution in [1.82, 2.24) is 0 Å². The lowest BCUT2D eigenvalue weighted by atomic mass is 10.1. The minimum atomic E-state index is -2.33. The lowest BCUT2D eigenvalue weighted by molar-refractivity contribution is -0.142. The first-order chi connectivity index (χ1) is 6.86. The molecule has 0 atom stereocenters. The highest BCUT2D eigenvalue weighted by Crippen LogP contribution is 2.23. The summed E-state index contributed by atoms with van der Waals surface area (Å²) in [7, 11) is 0. The van der Waals surface area contributed by atoms with Gasteiger partial charge >= 0.3 is 5.97 Å². The summed E-state index contributed by atoms with van der Waals surface area (Å²) in [5, 5.41) is 10.00. The number of benzene rings is 1. The van der Waals surface area contributed by atoms with Crippen molar-refractivity contribution in [1.29, 1.82) is 0 Å². The Morgan fingerprint density at radius 2 is 1.13 bits per heavy atom. The fourth-order valence-corrected chi connectivity index (χ4v) is 0.950. The van der Waals surface area contributed by atoms with Crippen molar-refractivity contribution >= 4 is 5.97 Å². The second-order valence-corrected chi connectivity index (χ2v) is 2.60. The van der Waals surface area contributed by atoms with E-state index in [1.54, 1.807) is 0 Å². The minimum Gasteiger partial charge on any atom is -0.247 e. The molecular weight excluding hydrogens is 223 g/mol. The van der Waals surface area contributed by atoms with Crippen LogP contribution in [0.4, 0.5) is 22.0 Å². The van der Waals surface area contributed by atoms with Crippen molar-refractivity contribution in [3.63, 3.8) is 0 Å². The molecule has 0 aliphatic rings. The molecule has 1 aromatic rings. The Kier molecular flexibility index (Phi) is 2.92. The zero-order valence-corrected chi connectivity index (χ0v) is 6.91. The molecule has 0 N–H and O–H groups in total. The standard InChI is InChI=1S/C8H2F5O2/c9-4-2(1-3(14)15)5(10)7(12)8(13)6(4)11/h1H2. The molecule has 0 saturated heterocycles. The molecule has 2 nitrogen and oxygen atoms in total. The van der Waals surface area contributed by atoms with Crippen molar-refractivity contribution in [2.45, 2.75) is 6.42 Å². The van der Waals surface area contributed by atoms with Gasteiger partial charge in [0.2, 0.25) is 5.82 Å². The van der Waals surface area contributed by atoms with E-state index >= 15 is 0 Å². The van der Waals surface area contributed by atoms with Gasteiger partial charge < -0.3 is 0 Å². The van der Waals surface area contributed by atoms with Gasteiger partial charge in [0.15, 0.2) is 23.3 Å². The van der Waals surface area contributed by atoms with Crippen LogP contribution < -0.4 is 0 Å². The van der Waals surface area contributed by atoms with Crippen LogP contribution in [-0.4, -0.2) is 5.97 Å². The molecule has 1 rings (SSSR count). The van der Waals surface area contributed by atoms with Gasteiger partial charge in [-0.15, -0.1) is 0 Å². The molecule has 0 amide bonds. The molecule has 0 spiro atoms. The maximum atomic E-state index is 12.8. The summed E-state index contributed by atoms with van der Waals surface area (Å²) in [5.41, 5.74) is -1.41. The predicted octanol–water partition coefficient (Wildman–Crippen LogP) is 1.88. The molecule has 1 aromatic carbocycles. The average molecular weight is 225 g/mol. The number of hydrogen-bond acceptors (Lipinski definition) is 1. The first-order valence-corrected chi connectivity index (χ1v) is 3.56. The van der Waals surface area contributed by atoms with Crippen molar-refractivity contribution in [2.75, 3.05) is 0 Å². The van der Waals surface area contributed by atoms with Crippen molar-refractivity contribution in [3.8, 4) is 0 Å². The lowest BCUT2D eigenvalue weighted by Gasteiger charge is -2.04. The minimum absolute atomic E-state index is 1.38. The summed E-state index contributed by atoms with van der Waals surface area (Å²) in [6.07, 6.45) is -1.38. The van der Waals surface area contributed by atoms with Crippen LogP contribution in [0.15, 0.2) is 0 Å². The number of rotatable bonds is 2. The van der Waals surface area contributed by atoms with Crippen molar-refractivity contribution < 1.29 is 31.9 Å². The fraction of sp³-hybridized carbons (Fsp3) is 0.125. The van der Waals surface area contributed by atoms with E-state index < -0.39 is 47.0 Å². The highest BCUT2D eigenvalue weighted by Gasteiger charge is 2.26. The van der Waals surface area contributed by atoms with Gasteiger partial charge in [-0.25, -0.2) is 31.9 Å². The molecule has 0 heterocycles. The van der Waals surface area contributed by atoms with Gasteiger partial charge in [-0.2, -0.15) is 0 Å². The Morgan fingerprint density at radius 3 is 1.47 bits per heavy atom. The van der Waals surface area contributed by atoms with E-state index in [-0.39, 0.29) is 0 Å². The SMILES string of the molecule is [O]C(=O)Cc1c(F)c(F)c(F)c(F)c1F. The van der Waals surface area contributed by atoms with E-state index in [0.717, 1.165) is 0 Å². The summed E-state index contributed by atoms with van der Waals surface area (Å²) < 4.78 is 62.9. The van der Waals surface area contributed by atoms with Crippen LogP contribution in [0.5, 0.6) is 0 Å². The van der Waals surface area contributed by atoms with Crippen LogP contribution in [0.25, 0.3) is 0 Å². The molecule has 81 valence electrons. The quantitative estimate of drug-likeness (QED) is 0.430. The molecule has 7 heteroatoms.